The molecule has 2 heteroatoms. The van der Waals surface area contributed by atoms with Gasteiger partial charge in [0.05, 0.1) is 0 Å². The maximum Gasteiger partial charge on any atom is 0.0271 e. The molecule has 0 aliphatic heterocycles. The molecule has 0 saturated heterocycles. The Morgan fingerprint density at radius 1 is 1.45 bits per heavy atom. The summed E-state index contributed by atoms with van der Waals surface area (Å²) in [4.78, 5) is 2.15. The Balaban J connectivity index is 3.32. The molecule has 0 amide bonds. The molecule has 0 aliphatic rings. The number of nitrogens with zero attached hydrogens (tertiary/aromatic N) is 1. The fourth-order valence-electron chi connectivity index (χ4n) is 0.644. The van der Waals surface area contributed by atoms with Crippen molar-refractivity contribution in [1.82, 2.24) is 10.2 Å². The van der Waals surface area contributed by atoms with Crippen molar-refractivity contribution in [3.05, 3.63) is 12.3 Å². The van der Waals surface area contributed by atoms with Gasteiger partial charge in [-0.15, -0.1) is 0 Å². The van der Waals surface area contributed by atoms with Crippen LogP contribution in [0, 0.1) is 5.92 Å². The third-order valence-electron chi connectivity index (χ3n) is 1.61. The second kappa shape index (κ2) is 5.19. The van der Waals surface area contributed by atoms with Crippen molar-refractivity contribution in [1.29, 1.82) is 0 Å². The summed E-state index contributed by atoms with van der Waals surface area (Å²) < 4.78 is 0. The first-order valence-corrected chi connectivity index (χ1v) is 4.11. The topological polar surface area (TPSA) is 15.3 Å². The molecular weight excluding hydrogens is 136 g/mol. The minimum Gasteiger partial charge on any atom is -0.387 e. The predicted octanol–water partition coefficient (Wildman–Crippen LogP) is 1.31. The number of nitrogens with one attached hydrogen (secondary N) is 1. The second-order valence-electron chi connectivity index (χ2n) is 3.41. The van der Waals surface area contributed by atoms with E-state index in [1.54, 1.807) is 0 Å². The van der Waals surface area contributed by atoms with Gasteiger partial charge in [-0.25, -0.2) is 0 Å². The molecule has 0 heterocycles. The molecule has 0 aromatic carbocycles. The van der Waals surface area contributed by atoms with Crippen LogP contribution in [0.1, 0.15) is 13.8 Å². The van der Waals surface area contributed by atoms with E-state index in [9.17, 15) is 0 Å². The van der Waals surface area contributed by atoms with Crippen LogP contribution in [0.15, 0.2) is 12.3 Å². The maximum absolute atomic E-state index is 3.92. The fourth-order valence-corrected chi connectivity index (χ4v) is 0.644. The number of hydrogen-bond acceptors (Lipinski definition) is 2. The lowest BCUT2D eigenvalue weighted by atomic mass is 10.1. The molecule has 0 atom stereocenters. The van der Waals surface area contributed by atoms with Gasteiger partial charge in [-0.05, 0) is 20.0 Å². The molecule has 11 heavy (non-hydrogen) atoms. The van der Waals surface area contributed by atoms with Gasteiger partial charge >= 0.3 is 0 Å². The van der Waals surface area contributed by atoms with Gasteiger partial charge in [0.15, 0.2) is 0 Å². The fraction of sp³-hybridized carbons (Fsp3) is 0.778. The Morgan fingerprint density at radius 2 is 2.00 bits per heavy atom. The summed E-state index contributed by atoms with van der Waals surface area (Å²) in [5, 5.41) is 3.28. The van der Waals surface area contributed by atoms with Crippen molar-refractivity contribution >= 4 is 0 Å². The van der Waals surface area contributed by atoms with Crippen LogP contribution in [-0.2, 0) is 0 Å². The summed E-state index contributed by atoms with van der Waals surface area (Å²) in [5.74, 6) is 0.539. The van der Waals surface area contributed by atoms with Crippen LogP contribution in [-0.4, -0.2) is 32.1 Å². The van der Waals surface area contributed by atoms with E-state index in [1.165, 1.54) is 0 Å². The van der Waals surface area contributed by atoms with Gasteiger partial charge in [0, 0.05) is 18.8 Å². The summed E-state index contributed by atoms with van der Waals surface area (Å²) in [6, 6.07) is 0. The van der Waals surface area contributed by atoms with Gasteiger partial charge in [0.25, 0.3) is 0 Å². The summed E-state index contributed by atoms with van der Waals surface area (Å²) in [6.07, 6.45) is 0. The summed E-state index contributed by atoms with van der Waals surface area (Å²) in [7, 11) is 4.14. The van der Waals surface area contributed by atoms with Gasteiger partial charge in [0.2, 0.25) is 0 Å². The highest BCUT2D eigenvalue weighted by molar-refractivity contribution is 4.94. The molecule has 0 saturated carbocycles. The lowest BCUT2D eigenvalue weighted by molar-refractivity contribution is 0.404. The highest BCUT2D eigenvalue weighted by Gasteiger charge is 1.97. The van der Waals surface area contributed by atoms with E-state index in [4.69, 9.17) is 0 Å². The first-order chi connectivity index (χ1) is 5.04. The average Bonchev–Trinajstić information content (AvgIpc) is 1.86. The van der Waals surface area contributed by atoms with E-state index in [0.29, 0.717) is 5.92 Å². The molecule has 0 aromatic heterocycles. The number of allylic oxidation sites excluding steroid dienone is 1. The number of likely N-dealkylation sites (N-methyl/N-ethyl adjacent to an activating group) is 1. The van der Waals surface area contributed by atoms with Gasteiger partial charge in [-0.1, -0.05) is 20.4 Å². The van der Waals surface area contributed by atoms with Crippen molar-refractivity contribution in [2.45, 2.75) is 13.8 Å². The van der Waals surface area contributed by atoms with Crippen LogP contribution in [0.4, 0.5) is 0 Å². The molecule has 0 spiro atoms. The Morgan fingerprint density at radius 3 is 2.36 bits per heavy atom. The van der Waals surface area contributed by atoms with Crippen LogP contribution in [0.2, 0.25) is 0 Å². The average molecular weight is 156 g/mol. The second-order valence-corrected chi connectivity index (χ2v) is 3.41. The molecule has 0 bridgehead atoms. The molecule has 66 valence electrons. The zero-order valence-electron chi connectivity index (χ0n) is 8.15. The lowest BCUT2D eigenvalue weighted by Crippen LogP contribution is -2.27. The van der Waals surface area contributed by atoms with Crippen LogP contribution < -0.4 is 5.32 Å². The standard InChI is InChI=1S/C9H20N2/c1-8(2)9(3)10-6-7-11(4)5/h8,10H,3,6-7H2,1-2,4-5H3. The highest BCUT2D eigenvalue weighted by atomic mass is 15.1. The molecule has 0 fully saturated rings. The largest absolute Gasteiger partial charge is 0.387 e. The summed E-state index contributed by atoms with van der Waals surface area (Å²) in [6.45, 7) is 10.3. The smallest absolute Gasteiger partial charge is 0.0271 e. The Kier molecular flexibility index (Phi) is 4.95. The zero-order valence-corrected chi connectivity index (χ0v) is 8.15. The summed E-state index contributed by atoms with van der Waals surface area (Å²) >= 11 is 0. The van der Waals surface area contributed by atoms with Gasteiger partial charge in [0.1, 0.15) is 0 Å². The van der Waals surface area contributed by atoms with E-state index in [-0.39, 0.29) is 0 Å². The third-order valence-corrected chi connectivity index (χ3v) is 1.61. The highest BCUT2D eigenvalue weighted by Crippen LogP contribution is 2.00. The lowest BCUT2D eigenvalue weighted by Gasteiger charge is -2.15. The van der Waals surface area contributed by atoms with Gasteiger partial charge < -0.3 is 10.2 Å². The van der Waals surface area contributed by atoms with E-state index in [1.807, 2.05) is 0 Å². The van der Waals surface area contributed by atoms with E-state index < -0.39 is 0 Å². The minimum atomic E-state index is 0.539. The van der Waals surface area contributed by atoms with Crippen LogP contribution in [0.5, 0.6) is 0 Å². The molecule has 0 rings (SSSR count). The number of hydrogen-bond donors (Lipinski definition) is 1. The van der Waals surface area contributed by atoms with Gasteiger partial charge in [-0.2, -0.15) is 0 Å². The van der Waals surface area contributed by atoms with Crippen LogP contribution >= 0.6 is 0 Å². The first-order valence-electron chi connectivity index (χ1n) is 4.11. The first kappa shape index (κ1) is 10.5. The monoisotopic (exact) mass is 156 g/mol. The normalized spacial score (nSPS) is 10.7. The maximum atomic E-state index is 3.92. The molecule has 2 nitrogen and oxygen atoms in total. The Labute approximate surface area is 70.3 Å². The van der Waals surface area contributed by atoms with Crippen LogP contribution in [0.25, 0.3) is 0 Å². The quantitative estimate of drug-likeness (QED) is 0.645. The third kappa shape index (κ3) is 5.92. The van der Waals surface area contributed by atoms with E-state index in [0.717, 1.165) is 18.8 Å². The van der Waals surface area contributed by atoms with Crippen molar-refractivity contribution < 1.29 is 0 Å². The van der Waals surface area contributed by atoms with Crippen molar-refractivity contribution in [3.8, 4) is 0 Å². The summed E-state index contributed by atoms with van der Waals surface area (Å²) in [5.41, 5.74) is 1.13. The molecule has 0 unspecified atom stereocenters. The minimum absolute atomic E-state index is 0.539. The molecule has 0 radical (unpaired) electrons. The number of rotatable bonds is 5. The molecule has 1 N–H and O–H groups in total. The molecule has 0 aromatic rings. The Bertz CT molecular complexity index is 117. The molecular formula is C9H20N2. The molecule has 0 aliphatic carbocycles. The van der Waals surface area contributed by atoms with Crippen molar-refractivity contribution in [2.24, 2.45) is 5.92 Å². The zero-order chi connectivity index (χ0) is 8.85. The van der Waals surface area contributed by atoms with Crippen LogP contribution in [0.3, 0.4) is 0 Å². The van der Waals surface area contributed by atoms with E-state index in [2.05, 4.69) is 44.7 Å². The van der Waals surface area contributed by atoms with E-state index >= 15 is 0 Å². The predicted molar refractivity (Wildman–Crippen MR) is 50.5 cm³/mol. The SMILES string of the molecule is C=C(NCCN(C)C)C(C)C. The van der Waals surface area contributed by atoms with Crippen molar-refractivity contribution in [2.75, 3.05) is 27.2 Å². The van der Waals surface area contributed by atoms with Gasteiger partial charge in [-0.3, -0.25) is 0 Å². The van der Waals surface area contributed by atoms with Crippen molar-refractivity contribution in [3.63, 3.8) is 0 Å². The Hall–Kier alpha value is -0.500.